The third-order valence-electron chi connectivity index (χ3n) is 3.35. The van der Waals surface area contributed by atoms with Crippen LogP contribution in [0.3, 0.4) is 0 Å². The van der Waals surface area contributed by atoms with E-state index in [1.165, 1.54) is 20.3 Å². The normalized spacial score (nSPS) is 11.7. The lowest BCUT2D eigenvalue weighted by Crippen LogP contribution is -2.19. The van der Waals surface area contributed by atoms with Gasteiger partial charge in [-0.2, -0.15) is 0 Å². The Kier molecular flexibility index (Phi) is 7.11. The van der Waals surface area contributed by atoms with Crippen LogP contribution in [0.2, 0.25) is 5.02 Å². The molecule has 0 unspecified atom stereocenters. The van der Waals surface area contributed by atoms with Gasteiger partial charge in [-0.1, -0.05) is 41.0 Å². The Morgan fingerprint density at radius 1 is 1.14 bits per heavy atom. The summed E-state index contributed by atoms with van der Waals surface area (Å²) in [6.45, 7) is -0.0465. The lowest BCUT2D eigenvalue weighted by atomic mass is 10.0. The van der Waals surface area contributed by atoms with Crippen LogP contribution in [-0.2, 0) is 21.0 Å². The zero-order chi connectivity index (χ0) is 20.7. The molecular formula is C18H15ClF3NO5. The zero-order valence-corrected chi connectivity index (χ0v) is 15.5. The molecule has 10 heteroatoms. The molecule has 2 aromatic rings. The Labute approximate surface area is 163 Å². The van der Waals surface area contributed by atoms with Crippen molar-refractivity contribution in [1.82, 2.24) is 0 Å². The molecule has 0 radical (unpaired) electrons. The molecule has 0 spiro atoms. The van der Waals surface area contributed by atoms with Gasteiger partial charge in [0.25, 0.3) is 0 Å². The smallest absolute Gasteiger partial charge is 0.487 e. The second-order valence-electron chi connectivity index (χ2n) is 5.20. The summed E-state index contributed by atoms with van der Waals surface area (Å²) in [5.41, 5.74) is 0.893. The van der Waals surface area contributed by atoms with Gasteiger partial charge in [0.1, 0.15) is 25.2 Å². The SMILES string of the molecule is CON=C(C(=O)OC)c1ccccc1COc1ccc(OC(F)(F)F)cc1Cl. The maximum Gasteiger partial charge on any atom is 0.573 e. The van der Waals surface area contributed by atoms with Crippen molar-refractivity contribution in [2.24, 2.45) is 5.16 Å². The highest BCUT2D eigenvalue weighted by molar-refractivity contribution is 6.43. The first-order valence-corrected chi connectivity index (χ1v) is 8.08. The first-order chi connectivity index (χ1) is 13.2. The zero-order valence-electron chi connectivity index (χ0n) is 14.7. The van der Waals surface area contributed by atoms with Crippen LogP contribution in [0.25, 0.3) is 0 Å². The third-order valence-corrected chi connectivity index (χ3v) is 3.65. The fourth-order valence-corrected chi connectivity index (χ4v) is 2.44. The molecule has 0 atom stereocenters. The first kappa shape index (κ1) is 21.4. The van der Waals surface area contributed by atoms with Crippen LogP contribution in [-0.4, -0.2) is 32.3 Å². The maximum absolute atomic E-state index is 12.3. The van der Waals surface area contributed by atoms with E-state index in [1.807, 2.05) is 0 Å². The second kappa shape index (κ2) is 9.32. The summed E-state index contributed by atoms with van der Waals surface area (Å²) >= 11 is 5.96. The van der Waals surface area contributed by atoms with Crippen molar-refractivity contribution < 1.29 is 37.0 Å². The van der Waals surface area contributed by atoms with E-state index < -0.39 is 18.1 Å². The fourth-order valence-electron chi connectivity index (χ4n) is 2.21. The predicted octanol–water partition coefficient (Wildman–Crippen LogP) is 4.34. The number of halogens is 4. The first-order valence-electron chi connectivity index (χ1n) is 7.71. The summed E-state index contributed by atoms with van der Waals surface area (Å²) in [4.78, 5) is 16.6. The number of nitrogens with zero attached hydrogens (tertiary/aromatic N) is 1. The minimum absolute atomic E-state index is 0.0465. The molecule has 150 valence electrons. The van der Waals surface area contributed by atoms with Gasteiger partial charge in [-0.05, 0) is 17.7 Å². The van der Waals surface area contributed by atoms with Crippen LogP contribution < -0.4 is 9.47 Å². The molecule has 0 fully saturated rings. The number of ether oxygens (including phenoxy) is 3. The number of hydrogen-bond donors (Lipinski definition) is 0. The predicted molar refractivity (Wildman–Crippen MR) is 94.5 cm³/mol. The van der Waals surface area contributed by atoms with Crippen molar-refractivity contribution in [3.8, 4) is 11.5 Å². The topological polar surface area (TPSA) is 66.4 Å². The van der Waals surface area contributed by atoms with E-state index in [0.717, 1.165) is 12.1 Å². The van der Waals surface area contributed by atoms with Gasteiger partial charge < -0.3 is 19.0 Å². The number of alkyl halides is 3. The molecule has 2 aromatic carbocycles. The van der Waals surface area contributed by atoms with E-state index in [2.05, 4.69) is 9.89 Å². The molecule has 28 heavy (non-hydrogen) atoms. The lowest BCUT2D eigenvalue weighted by molar-refractivity contribution is -0.274. The van der Waals surface area contributed by atoms with E-state index >= 15 is 0 Å². The molecule has 2 rings (SSSR count). The van der Waals surface area contributed by atoms with E-state index in [0.29, 0.717) is 11.1 Å². The summed E-state index contributed by atoms with van der Waals surface area (Å²) in [5, 5.41) is 3.61. The van der Waals surface area contributed by atoms with Crippen molar-refractivity contribution in [2.75, 3.05) is 14.2 Å². The Balaban J connectivity index is 2.22. The van der Waals surface area contributed by atoms with Crippen LogP contribution in [0, 0.1) is 0 Å². The van der Waals surface area contributed by atoms with Gasteiger partial charge in [0.05, 0.1) is 12.1 Å². The summed E-state index contributed by atoms with van der Waals surface area (Å²) in [7, 11) is 2.49. The van der Waals surface area contributed by atoms with E-state index in [9.17, 15) is 18.0 Å². The van der Waals surface area contributed by atoms with Crippen LogP contribution in [0.1, 0.15) is 11.1 Å². The third kappa shape index (κ3) is 5.78. The molecule has 0 aliphatic heterocycles. The van der Waals surface area contributed by atoms with Crippen molar-refractivity contribution in [3.05, 3.63) is 58.6 Å². The average Bonchev–Trinajstić information content (AvgIpc) is 2.64. The molecule has 0 heterocycles. The van der Waals surface area contributed by atoms with Gasteiger partial charge >= 0.3 is 12.3 Å². The lowest BCUT2D eigenvalue weighted by Gasteiger charge is -2.14. The van der Waals surface area contributed by atoms with Crippen LogP contribution >= 0.6 is 11.6 Å². The van der Waals surface area contributed by atoms with Gasteiger partial charge in [-0.3, -0.25) is 0 Å². The summed E-state index contributed by atoms with van der Waals surface area (Å²) in [6, 6.07) is 10.0. The van der Waals surface area contributed by atoms with Gasteiger partial charge in [-0.25, -0.2) is 4.79 Å². The molecule has 0 aliphatic rings. The molecule has 0 N–H and O–H groups in total. The number of oxime groups is 1. The molecule has 0 aromatic heterocycles. The average molecular weight is 418 g/mol. The molecule has 0 saturated heterocycles. The van der Waals surface area contributed by atoms with Crippen molar-refractivity contribution in [1.29, 1.82) is 0 Å². The van der Waals surface area contributed by atoms with Crippen LogP contribution in [0.5, 0.6) is 11.5 Å². The van der Waals surface area contributed by atoms with Crippen molar-refractivity contribution in [3.63, 3.8) is 0 Å². The highest BCUT2D eigenvalue weighted by Crippen LogP contribution is 2.32. The van der Waals surface area contributed by atoms with Crippen LogP contribution in [0.4, 0.5) is 13.2 Å². The molecule has 0 amide bonds. The number of carbonyl (C=O) groups excluding carboxylic acids is 1. The van der Waals surface area contributed by atoms with E-state index in [1.54, 1.807) is 24.3 Å². The monoisotopic (exact) mass is 417 g/mol. The molecule has 0 bridgehead atoms. The second-order valence-corrected chi connectivity index (χ2v) is 5.61. The number of esters is 1. The molecule has 0 aliphatic carbocycles. The molecular weight excluding hydrogens is 403 g/mol. The highest BCUT2D eigenvalue weighted by Gasteiger charge is 2.31. The molecule has 0 saturated carbocycles. The number of carbonyl (C=O) groups is 1. The molecule has 6 nitrogen and oxygen atoms in total. The summed E-state index contributed by atoms with van der Waals surface area (Å²) < 4.78 is 50.9. The summed E-state index contributed by atoms with van der Waals surface area (Å²) in [6.07, 6.45) is -4.82. The van der Waals surface area contributed by atoms with Crippen molar-refractivity contribution >= 4 is 23.3 Å². The maximum atomic E-state index is 12.3. The minimum atomic E-state index is -4.82. The number of methoxy groups -OCH3 is 1. The van der Waals surface area contributed by atoms with Gasteiger partial charge in [0.15, 0.2) is 5.71 Å². The van der Waals surface area contributed by atoms with Crippen molar-refractivity contribution in [2.45, 2.75) is 13.0 Å². The standard InChI is InChI=1S/C18H15ClF3NO5/c1-25-17(24)16(23-26-2)13-6-4-3-5-11(13)10-27-15-8-7-12(9-14(15)19)28-18(20,21)22/h3-9H,10H2,1-2H3. The van der Waals surface area contributed by atoms with Gasteiger partial charge in [-0.15, -0.1) is 13.2 Å². The van der Waals surface area contributed by atoms with Gasteiger partial charge in [0, 0.05) is 11.6 Å². The Morgan fingerprint density at radius 2 is 1.86 bits per heavy atom. The van der Waals surface area contributed by atoms with Crippen LogP contribution in [0.15, 0.2) is 47.6 Å². The number of benzene rings is 2. The number of hydrogen-bond acceptors (Lipinski definition) is 6. The summed E-state index contributed by atoms with van der Waals surface area (Å²) in [5.74, 6) is -1.04. The quantitative estimate of drug-likeness (QED) is 0.381. The van der Waals surface area contributed by atoms with E-state index in [4.69, 9.17) is 25.9 Å². The Bertz CT molecular complexity index is 871. The Hall–Kier alpha value is -2.94. The fraction of sp³-hybridized carbons (Fsp3) is 0.222. The number of rotatable bonds is 7. The highest BCUT2D eigenvalue weighted by atomic mass is 35.5. The van der Waals surface area contributed by atoms with Gasteiger partial charge in [0.2, 0.25) is 0 Å². The van der Waals surface area contributed by atoms with E-state index in [-0.39, 0.29) is 23.1 Å². The minimum Gasteiger partial charge on any atom is -0.487 e. The largest absolute Gasteiger partial charge is 0.573 e. The Morgan fingerprint density at radius 3 is 2.46 bits per heavy atom.